The van der Waals surface area contributed by atoms with Gasteiger partial charge in [0.05, 0.1) is 45.4 Å². The summed E-state index contributed by atoms with van der Waals surface area (Å²) in [4.78, 5) is 27.6. The van der Waals surface area contributed by atoms with E-state index in [0.29, 0.717) is 52.4 Å². The van der Waals surface area contributed by atoms with E-state index in [1.165, 1.54) is 0 Å². The molecule has 0 unspecified atom stereocenters. The highest BCUT2D eigenvalue weighted by molar-refractivity contribution is 5.69. The summed E-state index contributed by atoms with van der Waals surface area (Å²) in [5.74, 6) is -0.264. The van der Waals surface area contributed by atoms with E-state index in [9.17, 15) is 9.59 Å². The van der Waals surface area contributed by atoms with Gasteiger partial charge in [0.25, 0.3) is 0 Å². The van der Waals surface area contributed by atoms with Crippen LogP contribution < -0.4 is 0 Å². The zero-order valence-electron chi connectivity index (χ0n) is 21.2. The van der Waals surface area contributed by atoms with E-state index < -0.39 is 0 Å². The summed E-state index contributed by atoms with van der Waals surface area (Å²) in [5, 5.41) is 0. The maximum atomic E-state index is 11.8. The van der Waals surface area contributed by atoms with Crippen molar-refractivity contribution in [1.82, 2.24) is 9.80 Å². The number of likely N-dealkylation sites (N-methyl/N-ethyl adjacent to an activating group) is 2. The molecule has 190 valence electrons. The van der Waals surface area contributed by atoms with Crippen LogP contribution in [-0.4, -0.2) is 102 Å². The van der Waals surface area contributed by atoms with Crippen LogP contribution in [-0.2, 0) is 28.5 Å². The summed E-state index contributed by atoms with van der Waals surface area (Å²) >= 11 is 0. The Bertz CT molecular complexity index is 462. The highest BCUT2D eigenvalue weighted by Gasteiger charge is 2.07. The summed E-state index contributed by atoms with van der Waals surface area (Å²) < 4.78 is 21.1. The topological polar surface area (TPSA) is 77.5 Å². The van der Waals surface area contributed by atoms with Gasteiger partial charge in [0.15, 0.2) is 0 Å². The lowest BCUT2D eigenvalue weighted by atomic mass is 10.1. The molecular weight excluding hydrogens is 412 g/mol. The standard InChI is InChI=1S/C24H48N2O6/c1-22(2)30-21-17-26(4)15-13-24(28)32-19-11-9-7-6-8-10-18-31-23(27)12-14-25(3)16-20-29-5/h22H,6-21H2,1-5H3. The number of carbonyl (C=O) groups is 2. The Morgan fingerprint density at radius 1 is 0.656 bits per heavy atom. The lowest BCUT2D eigenvalue weighted by Crippen LogP contribution is -2.27. The fourth-order valence-electron chi connectivity index (χ4n) is 2.91. The molecule has 0 atom stereocenters. The normalized spacial score (nSPS) is 11.5. The van der Waals surface area contributed by atoms with Crippen molar-refractivity contribution in [2.75, 3.05) is 73.8 Å². The van der Waals surface area contributed by atoms with Gasteiger partial charge in [-0.3, -0.25) is 9.59 Å². The number of carbonyl (C=O) groups excluding carboxylic acids is 2. The Hall–Kier alpha value is -1.22. The van der Waals surface area contributed by atoms with Crippen LogP contribution in [0.4, 0.5) is 0 Å². The predicted molar refractivity (Wildman–Crippen MR) is 127 cm³/mol. The monoisotopic (exact) mass is 460 g/mol. The molecule has 0 saturated heterocycles. The lowest BCUT2D eigenvalue weighted by molar-refractivity contribution is -0.145. The Balaban J connectivity index is 3.41. The average Bonchev–Trinajstić information content (AvgIpc) is 2.75. The third kappa shape index (κ3) is 22.0. The molecular formula is C24H48N2O6. The molecule has 0 N–H and O–H groups in total. The minimum absolute atomic E-state index is 0.131. The van der Waals surface area contributed by atoms with Gasteiger partial charge < -0.3 is 28.7 Å². The van der Waals surface area contributed by atoms with Crippen LogP contribution in [0.3, 0.4) is 0 Å². The molecule has 0 aliphatic carbocycles. The van der Waals surface area contributed by atoms with E-state index in [1.54, 1.807) is 7.11 Å². The van der Waals surface area contributed by atoms with Crippen molar-refractivity contribution >= 4 is 11.9 Å². The smallest absolute Gasteiger partial charge is 0.307 e. The van der Waals surface area contributed by atoms with Gasteiger partial charge in [0, 0.05) is 33.3 Å². The van der Waals surface area contributed by atoms with Crippen LogP contribution in [0.5, 0.6) is 0 Å². The predicted octanol–water partition coefficient (Wildman–Crippen LogP) is 3.13. The first-order valence-electron chi connectivity index (χ1n) is 12.1. The highest BCUT2D eigenvalue weighted by atomic mass is 16.5. The minimum atomic E-state index is -0.133. The number of nitrogens with zero attached hydrogens (tertiary/aromatic N) is 2. The molecule has 8 heteroatoms. The van der Waals surface area contributed by atoms with E-state index >= 15 is 0 Å². The summed E-state index contributed by atoms with van der Waals surface area (Å²) in [6.07, 6.45) is 7.18. The molecule has 32 heavy (non-hydrogen) atoms. The molecule has 0 radical (unpaired) electrons. The number of methoxy groups -OCH3 is 1. The number of unbranched alkanes of at least 4 members (excludes halogenated alkanes) is 5. The summed E-state index contributed by atoms with van der Waals surface area (Å²) in [7, 11) is 5.63. The average molecular weight is 461 g/mol. The van der Waals surface area contributed by atoms with Crippen molar-refractivity contribution in [1.29, 1.82) is 0 Å². The SMILES string of the molecule is COCCN(C)CCC(=O)OCCCCCCCCOC(=O)CCN(C)CCOC(C)C. The second-order valence-electron chi connectivity index (χ2n) is 8.58. The molecule has 0 aliphatic heterocycles. The van der Waals surface area contributed by atoms with Crippen LogP contribution in [0.2, 0.25) is 0 Å². The summed E-state index contributed by atoms with van der Waals surface area (Å²) in [6.45, 7) is 9.38. The van der Waals surface area contributed by atoms with Crippen LogP contribution in [0, 0.1) is 0 Å². The third-order valence-electron chi connectivity index (χ3n) is 5.06. The van der Waals surface area contributed by atoms with Crippen molar-refractivity contribution < 1.29 is 28.5 Å². The number of hydrogen-bond acceptors (Lipinski definition) is 8. The molecule has 0 fully saturated rings. The summed E-state index contributed by atoms with van der Waals surface area (Å²) in [6, 6.07) is 0. The lowest BCUT2D eigenvalue weighted by Gasteiger charge is -2.17. The quantitative estimate of drug-likeness (QED) is 0.180. The van der Waals surface area contributed by atoms with Gasteiger partial charge >= 0.3 is 11.9 Å². The van der Waals surface area contributed by atoms with E-state index in [4.69, 9.17) is 18.9 Å². The first kappa shape index (κ1) is 30.8. The Labute approximate surface area is 195 Å². The van der Waals surface area contributed by atoms with Gasteiger partial charge in [-0.25, -0.2) is 0 Å². The van der Waals surface area contributed by atoms with Gasteiger partial charge in [-0.05, 0) is 40.8 Å². The highest BCUT2D eigenvalue weighted by Crippen LogP contribution is 2.06. The van der Waals surface area contributed by atoms with Crippen molar-refractivity contribution in [3.63, 3.8) is 0 Å². The number of ether oxygens (including phenoxy) is 4. The van der Waals surface area contributed by atoms with E-state index in [0.717, 1.165) is 51.6 Å². The molecule has 0 rings (SSSR count). The number of hydrogen-bond donors (Lipinski definition) is 0. The Kier molecular flexibility index (Phi) is 20.8. The van der Waals surface area contributed by atoms with Crippen molar-refractivity contribution in [2.24, 2.45) is 0 Å². The second-order valence-corrected chi connectivity index (χ2v) is 8.58. The van der Waals surface area contributed by atoms with Crippen molar-refractivity contribution in [2.45, 2.75) is 71.3 Å². The van der Waals surface area contributed by atoms with Crippen LogP contribution in [0.1, 0.15) is 65.2 Å². The molecule has 0 aromatic carbocycles. The minimum Gasteiger partial charge on any atom is -0.466 e. The zero-order chi connectivity index (χ0) is 24.0. The van der Waals surface area contributed by atoms with Crippen molar-refractivity contribution in [3.8, 4) is 0 Å². The largest absolute Gasteiger partial charge is 0.466 e. The van der Waals surface area contributed by atoms with Crippen LogP contribution in [0.15, 0.2) is 0 Å². The first-order chi connectivity index (χ1) is 15.3. The molecule has 0 heterocycles. The van der Waals surface area contributed by atoms with Gasteiger partial charge in [0.1, 0.15) is 0 Å². The zero-order valence-corrected chi connectivity index (χ0v) is 21.2. The van der Waals surface area contributed by atoms with Crippen LogP contribution in [0.25, 0.3) is 0 Å². The maximum Gasteiger partial charge on any atom is 0.307 e. The van der Waals surface area contributed by atoms with Gasteiger partial charge in [0.2, 0.25) is 0 Å². The second kappa shape index (κ2) is 21.6. The third-order valence-corrected chi connectivity index (χ3v) is 5.06. The van der Waals surface area contributed by atoms with Gasteiger partial charge in [-0.2, -0.15) is 0 Å². The van der Waals surface area contributed by atoms with Gasteiger partial charge in [-0.1, -0.05) is 25.7 Å². The Morgan fingerprint density at radius 3 is 1.53 bits per heavy atom. The summed E-state index contributed by atoms with van der Waals surface area (Å²) in [5.41, 5.74) is 0. The van der Waals surface area contributed by atoms with Crippen LogP contribution >= 0.6 is 0 Å². The molecule has 0 aromatic rings. The van der Waals surface area contributed by atoms with Crippen molar-refractivity contribution in [3.05, 3.63) is 0 Å². The molecule has 0 aliphatic rings. The number of rotatable bonds is 22. The fourth-order valence-corrected chi connectivity index (χ4v) is 2.91. The van der Waals surface area contributed by atoms with E-state index in [-0.39, 0.29) is 18.0 Å². The first-order valence-corrected chi connectivity index (χ1v) is 12.1. The molecule has 0 aromatic heterocycles. The Morgan fingerprint density at radius 2 is 1.09 bits per heavy atom. The molecule has 0 spiro atoms. The molecule has 8 nitrogen and oxygen atoms in total. The molecule has 0 amide bonds. The maximum absolute atomic E-state index is 11.8. The van der Waals surface area contributed by atoms with E-state index in [1.807, 2.05) is 27.9 Å². The number of esters is 2. The molecule has 0 saturated carbocycles. The fraction of sp³-hybridized carbons (Fsp3) is 0.917. The van der Waals surface area contributed by atoms with E-state index in [2.05, 4.69) is 9.80 Å². The van der Waals surface area contributed by atoms with Gasteiger partial charge in [-0.15, -0.1) is 0 Å². The molecule has 0 bridgehead atoms.